The van der Waals surface area contributed by atoms with Crippen molar-refractivity contribution in [3.63, 3.8) is 0 Å². The van der Waals surface area contributed by atoms with Crippen molar-refractivity contribution in [3.05, 3.63) is 59.7 Å². The van der Waals surface area contributed by atoms with E-state index in [0.29, 0.717) is 77.4 Å². The van der Waals surface area contributed by atoms with Crippen molar-refractivity contribution in [2.45, 2.75) is 12.5 Å². The minimum Gasteiger partial charge on any atom is -0.491 e. The summed E-state index contributed by atoms with van der Waals surface area (Å²) in [7, 11) is 1.70. The molecule has 11 heteroatoms. The number of halogens is 2. The highest BCUT2D eigenvalue weighted by Gasteiger charge is 2.54. The van der Waals surface area contributed by atoms with Gasteiger partial charge in [0.1, 0.15) is 23.7 Å². The molecule has 40 heavy (non-hydrogen) atoms. The Bertz CT molecular complexity index is 1430. The van der Waals surface area contributed by atoms with E-state index in [4.69, 9.17) is 25.8 Å². The lowest BCUT2D eigenvalue weighted by atomic mass is 10.0. The zero-order chi connectivity index (χ0) is 27.6. The van der Waals surface area contributed by atoms with Gasteiger partial charge in [-0.1, -0.05) is 17.7 Å². The number of amides is 1. The molecule has 1 aliphatic carbocycles. The van der Waals surface area contributed by atoms with Crippen LogP contribution in [0.5, 0.6) is 5.75 Å². The molecule has 0 spiro atoms. The first-order chi connectivity index (χ1) is 19.5. The second kappa shape index (κ2) is 11.7. The van der Waals surface area contributed by atoms with Gasteiger partial charge < -0.3 is 24.8 Å². The summed E-state index contributed by atoms with van der Waals surface area (Å²) in [4.78, 5) is 24.0. The van der Waals surface area contributed by atoms with Crippen LogP contribution in [-0.4, -0.2) is 73.4 Å². The molecule has 9 nitrogen and oxygen atoms in total. The van der Waals surface area contributed by atoms with Crippen molar-refractivity contribution in [1.82, 2.24) is 14.9 Å². The van der Waals surface area contributed by atoms with Crippen LogP contribution in [0.25, 0.3) is 10.9 Å². The molecule has 3 aromatic rings. The second-order valence-electron chi connectivity index (χ2n) is 10.5. The second-order valence-corrected chi connectivity index (χ2v) is 10.9. The van der Waals surface area contributed by atoms with E-state index in [1.807, 2.05) is 12.1 Å². The lowest BCUT2D eigenvalue weighted by molar-refractivity contribution is -0.112. The van der Waals surface area contributed by atoms with Gasteiger partial charge in [0.05, 0.1) is 42.7 Å². The largest absolute Gasteiger partial charge is 0.491 e. The average Bonchev–Trinajstić information content (AvgIpc) is 3.35. The number of nitrogens with zero attached hydrogens (tertiary/aromatic N) is 3. The number of carbonyl (C=O) groups excluding carboxylic acids is 1. The molecule has 1 amide bonds. The predicted octanol–water partition coefficient (Wildman–Crippen LogP) is 4.65. The van der Waals surface area contributed by atoms with Gasteiger partial charge in [-0.3, -0.25) is 9.69 Å². The Hall–Kier alpha value is -3.31. The molecule has 1 aromatic heterocycles. The smallest absolute Gasteiger partial charge is 0.248 e. The van der Waals surface area contributed by atoms with Gasteiger partial charge in [0.25, 0.3) is 0 Å². The van der Waals surface area contributed by atoms with Gasteiger partial charge >= 0.3 is 0 Å². The molecule has 2 aromatic carbocycles. The van der Waals surface area contributed by atoms with Gasteiger partial charge in [-0.25, -0.2) is 14.4 Å². The molecule has 2 N–H and O–H groups in total. The first-order valence-electron chi connectivity index (χ1n) is 13.4. The Morgan fingerprint density at radius 3 is 2.83 bits per heavy atom. The Labute approximate surface area is 236 Å². The number of carbonyl (C=O) groups is 1. The molecule has 0 bridgehead atoms. The number of aromatic nitrogens is 2. The van der Waals surface area contributed by atoms with Crippen molar-refractivity contribution < 1.29 is 23.4 Å². The molecule has 0 unspecified atom stereocenters. The minimum atomic E-state index is -0.505. The van der Waals surface area contributed by atoms with E-state index < -0.39 is 5.82 Å². The monoisotopic (exact) mass is 567 g/mol. The standard InChI is InChI=1S/C29H31ClFN5O4/c1-38-12-18-6-8-36(18)7-2-3-28(37)35-26-10-19-25(11-27(26)40-15-22-20-13-39-14-21(20)22)32-16-33-29(19)34-17-4-5-24(31)23(30)9-17/h2-5,9-11,16,18,20-22H,6-8,12-15H2,1H3,(H,35,37)(H,32,33,34)/b3-2+/t18-,20-,21+,22+/m1/s1. The summed E-state index contributed by atoms with van der Waals surface area (Å²) in [6.07, 6.45) is 5.94. The topological polar surface area (TPSA) is 97.8 Å². The highest BCUT2D eigenvalue weighted by Crippen LogP contribution is 2.51. The van der Waals surface area contributed by atoms with Crippen molar-refractivity contribution >= 4 is 45.6 Å². The maximum atomic E-state index is 13.7. The van der Waals surface area contributed by atoms with Gasteiger partial charge in [-0.2, -0.15) is 0 Å². The molecule has 4 atom stereocenters. The van der Waals surface area contributed by atoms with Crippen molar-refractivity contribution in [3.8, 4) is 5.75 Å². The molecule has 2 saturated heterocycles. The normalized spacial score (nSPS) is 23.7. The van der Waals surface area contributed by atoms with Gasteiger partial charge in [-0.05, 0) is 42.5 Å². The fourth-order valence-corrected chi connectivity index (χ4v) is 5.67. The van der Waals surface area contributed by atoms with E-state index in [0.717, 1.165) is 26.2 Å². The van der Waals surface area contributed by atoms with Gasteiger partial charge in [0, 0.05) is 55.4 Å². The summed E-state index contributed by atoms with van der Waals surface area (Å²) in [6.45, 7) is 4.47. The maximum Gasteiger partial charge on any atom is 0.248 e. The minimum absolute atomic E-state index is 0.000739. The number of benzene rings is 2. The molecule has 3 heterocycles. The third kappa shape index (κ3) is 5.76. The summed E-state index contributed by atoms with van der Waals surface area (Å²) >= 11 is 5.96. The Morgan fingerprint density at radius 2 is 2.08 bits per heavy atom. The quantitative estimate of drug-likeness (QED) is 0.323. The molecule has 0 radical (unpaired) electrons. The van der Waals surface area contributed by atoms with E-state index in [2.05, 4.69) is 25.5 Å². The third-order valence-corrected chi connectivity index (χ3v) is 8.26. The first kappa shape index (κ1) is 26.9. The Morgan fingerprint density at radius 1 is 1.23 bits per heavy atom. The number of fused-ring (bicyclic) bond motifs is 2. The lowest BCUT2D eigenvalue weighted by Crippen LogP contribution is -2.50. The molecule has 210 valence electrons. The third-order valence-electron chi connectivity index (χ3n) is 7.97. The van der Waals surface area contributed by atoms with Crippen LogP contribution in [0.4, 0.5) is 21.6 Å². The summed E-state index contributed by atoms with van der Waals surface area (Å²) in [5, 5.41) is 6.82. The fourth-order valence-electron chi connectivity index (χ4n) is 5.49. The number of ether oxygens (including phenoxy) is 3. The molecular formula is C29H31ClFN5O4. The molecule has 6 rings (SSSR count). The molecular weight excluding hydrogens is 537 g/mol. The van der Waals surface area contributed by atoms with E-state index in [9.17, 15) is 9.18 Å². The predicted molar refractivity (Wildman–Crippen MR) is 151 cm³/mol. The van der Waals surface area contributed by atoms with Crippen LogP contribution >= 0.6 is 11.6 Å². The number of nitrogens with one attached hydrogen (secondary N) is 2. The summed E-state index contributed by atoms with van der Waals surface area (Å²) < 4.78 is 30.7. The van der Waals surface area contributed by atoms with Crippen molar-refractivity contribution in [1.29, 1.82) is 0 Å². The number of anilines is 3. The number of hydrogen-bond donors (Lipinski definition) is 2. The summed E-state index contributed by atoms with van der Waals surface area (Å²) in [5.74, 6) is 1.81. The van der Waals surface area contributed by atoms with E-state index in [1.165, 1.54) is 18.5 Å². The summed E-state index contributed by atoms with van der Waals surface area (Å²) in [6, 6.07) is 8.35. The number of rotatable bonds is 11. The lowest BCUT2D eigenvalue weighted by Gasteiger charge is -2.39. The van der Waals surface area contributed by atoms with Crippen molar-refractivity contribution in [2.75, 3.05) is 57.3 Å². The number of methoxy groups -OCH3 is 1. The van der Waals surface area contributed by atoms with E-state index in [1.54, 1.807) is 25.3 Å². The van der Waals surface area contributed by atoms with Gasteiger partial charge in [-0.15, -0.1) is 0 Å². The van der Waals surface area contributed by atoms with Gasteiger partial charge in [0.15, 0.2) is 0 Å². The van der Waals surface area contributed by atoms with Crippen LogP contribution < -0.4 is 15.4 Å². The van der Waals surface area contributed by atoms with Crippen LogP contribution in [0.15, 0.2) is 48.8 Å². The highest BCUT2D eigenvalue weighted by molar-refractivity contribution is 6.31. The Balaban J connectivity index is 1.22. The highest BCUT2D eigenvalue weighted by atomic mass is 35.5. The SMILES string of the molecule is COC[C@H]1CCN1C/C=C/C(=O)Nc1cc2c(Nc3ccc(F)c(Cl)c3)ncnc2cc1OC[C@H]1[C@@H]2COC[C@@H]21. The average molecular weight is 568 g/mol. The zero-order valence-electron chi connectivity index (χ0n) is 22.1. The van der Waals surface area contributed by atoms with E-state index >= 15 is 0 Å². The van der Waals surface area contributed by atoms with Crippen LogP contribution in [-0.2, 0) is 14.3 Å². The van der Waals surface area contributed by atoms with Crippen LogP contribution in [0, 0.1) is 23.6 Å². The van der Waals surface area contributed by atoms with Crippen LogP contribution in [0.1, 0.15) is 6.42 Å². The molecule has 2 aliphatic heterocycles. The molecule has 3 aliphatic rings. The summed E-state index contributed by atoms with van der Waals surface area (Å²) in [5.41, 5.74) is 1.72. The first-order valence-corrected chi connectivity index (χ1v) is 13.8. The molecule has 1 saturated carbocycles. The fraction of sp³-hybridized carbons (Fsp3) is 0.414. The Kier molecular flexibility index (Phi) is 7.84. The van der Waals surface area contributed by atoms with E-state index in [-0.39, 0.29) is 10.9 Å². The number of likely N-dealkylation sites (tertiary alicyclic amines) is 1. The molecule has 3 fully saturated rings. The number of hydrogen-bond acceptors (Lipinski definition) is 8. The van der Waals surface area contributed by atoms with Crippen LogP contribution in [0.2, 0.25) is 5.02 Å². The van der Waals surface area contributed by atoms with Crippen molar-refractivity contribution in [2.24, 2.45) is 17.8 Å². The maximum absolute atomic E-state index is 13.7. The van der Waals surface area contributed by atoms with Crippen LogP contribution in [0.3, 0.4) is 0 Å². The van der Waals surface area contributed by atoms with Gasteiger partial charge in [0.2, 0.25) is 5.91 Å². The zero-order valence-corrected chi connectivity index (χ0v) is 22.9.